The lowest BCUT2D eigenvalue weighted by Crippen LogP contribution is -2.10. The van der Waals surface area contributed by atoms with E-state index >= 15 is 0 Å². The Balaban J connectivity index is 3.65. The van der Waals surface area contributed by atoms with Crippen LogP contribution in [0.15, 0.2) is 5.11 Å². The molecule has 0 aliphatic heterocycles. The number of carbonyl (C=O) groups excluding carboxylic acids is 1. The lowest BCUT2D eigenvalue weighted by molar-refractivity contribution is -0.143. The second-order valence-electron chi connectivity index (χ2n) is 2.06. The van der Waals surface area contributed by atoms with E-state index in [0.717, 1.165) is 0 Å². The van der Waals surface area contributed by atoms with Gasteiger partial charge in [0.25, 0.3) is 0 Å². The highest BCUT2D eigenvalue weighted by Crippen LogP contribution is 1.98. The van der Waals surface area contributed by atoms with Crippen molar-refractivity contribution in [3.05, 3.63) is 10.4 Å². The zero-order chi connectivity index (χ0) is 8.69. The molecule has 0 unspecified atom stereocenters. The van der Waals surface area contributed by atoms with Crippen molar-refractivity contribution in [2.75, 3.05) is 6.61 Å². The van der Waals surface area contributed by atoms with Crippen LogP contribution in [0.2, 0.25) is 0 Å². The zero-order valence-corrected chi connectivity index (χ0v) is 6.65. The minimum absolute atomic E-state index is 0.151. The molecule has 0 heterocycles. The number of azide groups is 1. The van der Waals surface area contributed by atoms with E-state index in [2.05, 4.69) is 14.8 Å². The number of esters is 1. The summed E-state index contributed by atoms with van der Waals surface area (Å²) >= 11 is 0. The minimum atomic E-state index is -0.326. The van der Waals surface area contributed by atoms with Gasteiger partial charge in [0.2, 0.25) is 0 Å². The fourth-order valence-electron chi connectivity index (χ4n) is 0.590. The quantitative estimate of drug-likeness (QED) is 0.269. The summed E-state index contributed by atoms with van der Waals surface area (Å²) < 4.78 is 4.64. The molecule has 0 spiro atoms. The van der Waals surface area contributed by atoms with Gasteiger partial charge < -0.3 is 4.74 Å². The van der Waals surface area contributed by atoms with Crippen LogP contribution in [-0.4, -0.2) is 18.6 Å². The standard InChI is InChI=1S/C6H11N3O2/c1-3-11-6(10)4-5(2)8-9-7/h5H,3-4H2,1-2H3/t5-/m0/s1. The molecule has 0 aromatic heterocycles. The van der Waals surface area contributed by atoms with E-state index in [-0.39, 0.29) is 18.4 Å². The molecule has 0 amide bonds. The number of hydrogen-bond acceptors (Lipinski definition) is 3. The number of ether oxygens (including phenoxy) is 1. The lowest BCUT2D eigenvalue weighted by atomic mass is 10.2. The molecule has 0 aliphatic carbocycles. The van der Waals surface area contributed by atoms with Crippen molar-refractivity contribution in [3.8, 4) is 0 Å². The Kier molecular flexibility index (Phi) is 4.94. The molecule has 0 radical (unpaired) electrons. The van der Waals surface area contributed by atoms with E-state index in [1.807, 2.05) is 0 Å². The van der Waals surface area contributed by atoms with Gasteiger partial charge in [-0.2, -0.15) is 0 Å². The van der Waals surface area contributed by atoms with Crippen molar-refractivity contribution in [2.45, 2.75) is 26.3 Å². The van der Waals surface area contributed by atoms with Gasteiger partial charge in [-0.15, -0.1) is 0 Å². The first-order chi connectivity index (χ1) is 5.20. The number of hydrogen-bond donors (Lipinski definition) is 0. The van der Waals surface area contributed by atoms with Crippen LogP contribution in [0.3, 0.4) is 0 Å². The molecule has 0 N–H and O–H groups in total. The maximum absolute atomic E-state index is 10.7. The van der Waals surface area contributed by atoms with Crippen molar-refractivity contribution in [1.82, 2.24) is 0 Å². The molecule has 0 bridgehead atoms. The summed E-state index contributed by atoms with van der Waals surface area (Å²) in [4.78, 5) is 13.3. The molecule has 5 nitrogen and oxygen atoms in total. The predicted octanol–water partition coefficient (Wildman–Crippen LogP) is 1.64. The molecule has 0 aliphatic rings. The maximum Gasteiger partial charge on any atom is 0.306 e. The van der Waals surface area contributed by atoms with Crippen molar-refractivity contribution < 1.29 is 9.53 Å². The Morgan fingerprint density at radius 1 is 1.82 bits per heavy atom. The van der Waals surface area contributed by atoms with Crippen LogP contribution in [0.5, 0.6) is 0 Å². The lowest BCUT2D eigenvalue weighted by Gasteiger charge is -2.02. The molecule has 0 saturated carbocycles. The van der Waals surface area contributed by atoms with E-state index < -0.39 is 0 Å². The van der Waals surface area contributed by atoms with E-state index in [9.17, 15) is 4.79 Å². The topological polar surface area (TPSA) is 75.1 Å². The molecule has 62 valence electrons. The summed E-state index contributed by atoms with van der Waals surface area (Å²) in [5.41, 5.74) is 7.99. The number of rotatable bonds is 4. The summed E-state index contributed by atoms with van der Waals surface area (Å²) in [6, 6.07) is -0.320. The second kappa shape index (κ2) is 5.56. The van der Waals surface area contributed by atoms with Crippen molar-refractivity contribution in [3.63, 3.8) is 0 Å². The first kappa shape index (κ1) is 9.78. The normalized spacial score (nSPS) is 11.5. The van der Waals surface area contributed by atoms with E-state index in [4.69, 9.17) is 5.53 Å². The third kappa shape index (κ3) is 5.24. The molecular weight excluding hydrogens is 146 g/mol. The van der Waals surface area contributed by atoms with Crippen LogP contribution in [-0.2, 0) is 9.53 Å². The SMILES string of the molecule is CCOC(=O)C[C@H](C)N=[N+]=[N-]. The minimum Gasteiger partial charge on any atom is -0.466 e. The molecule has 0 aromatic carbocycles. The summed E-state index contributed by atoms with van der Waals surface area (Å²) in [7, 11) is 0. The smallest absolute Gasteiger partial charge is 0.306 e. The van der Waals surface area contributed by atoms with Gasteiger partial charge in [0.05, 0.1) is 13.0 Å². The monoisotopic (exact) mass is 157 g/mol. The molecule has 0 rings (SSSR count). The molecule has 1 atom stereocenters. The molecule has 5 heteroatoms. The fraction of sp³-hybridized carbons (Fsp3) is 0.833. The van der Waals surface area contributed by atoms with Crippen molar-refractivity contribution >= 4 is 5.97 Å². The van der Waals surface area contributed by atoms with Gasteiger partial charge >= 0.3 is 5.97 Å². The molecule has 0 aromatic rings. The molecule has 11 heavy (non-hydrogen) atoms. The van der Waals surface area contributed by atoms with Crippen LogP contribution in [0.25, 0.3) is 10.4 Å². The van der Waals surface area contributed by atoms with E-state index in [1.54, 1.807) is 13.8 Å². The third-order valence-electron chi connectivity index (χ3n) is 1.02. The number of carbonyl (C=O) groups is 1. The van der Waals surface area contributed by atoms with E-state index in [1.165, 1.54) is 0 Å². The summed E-state index contributed by atoms with van der Waals surface area (Å²) in [6.45, 7) is 3.76. The van der Waals surface area contributed by atoms with E-state index in [0.29, 0.717) is 6.61 Å². The maximum atomic E-state index is 10.7. The second-order valence-corrected chi connectivity index (χ2v) is 2.06. The Morgan fingerprint density at radius 2 is 2.45 bits per heavy atom. The van der Waals surface area contributed by atoms with Gasteiger partial charge in [-0.1, -0.05) is 12.0 Å². The zero-order valence-electron chi connectivity index (χ0n) is 6.65. The van der Waals surface area contributed by atoms with Gasteiger partial charge in [-0.05, 0) is 12.5 Å². The summed E-state index contributed by atoms with van der Waals surface area (Å²) in [5, 5.41) is 3.33. The largest absolute Gasteiger partial charge is 0.466 e. The Morgan fingerprint density at radius 3 is 2.91 bits per heavy atom. The first-order valence-electron chi connectivity index (χ1n) is 3.40. The van der Waals surface area contributed by atoms with Crippen molar-refractivity contribution in [1.29, 1.82) is 0 Å². The van der Waals surface area contributed by atoms with Crippen molar-refractivity contribution in [2.24, 2.45) is 5.11 Å². The van der Waals surface area contributed by atoms with Crippen LogP contribution >= 0.6 is 0 Å². The fourth-order valence-corrected chi connectivity index (χ4v) is 0.590. The predicted molar refractivity (Wildman–Crippen MR) is 39.9 cm³/mol. The molecular formula is C6H11N3O2. The summed E-state index contributed by atoms with van der Waals surface area (Å²) in [6.07, 6.45) is 0.151. The van der Waals surface area contributed by atoms with Crippen LogP contribution in [0.1, 0.15) is 20.3 Å². The first-order valence-corrected chi connectivity index (χ1v) is 3.40. The molecule has 0 fully saturated rings. The van der Waals surface area contributed by atoms with Crippen LogP contribution < -0.4 is 0 Å². The van der Waals surface area contributed by atoms with Crippen LogP contribution in [0.4, 0.5) is 0 Å². The Labute approximate surface area is 65.0 Å². The van der Waals surface area contributed by atoms with Gasteiger partial charge in [-0.3, -0.25) is 4.79 Å². The van der Waals surface area contributed by atoms with Gasteiger partial charge in [0.1, 0.15) is 0 Å². The van der Waals surface area contributed by atoms with Crippen LogP contribution in [0, 0.1) is 0 Å². The molecule has 0 saturated heterocycles. The third-order valence-corrected chi connectivity index (χ3v) is 1.02. The highest BCUT2D eigenvalue weighted by Gasteiger charge is 2.06. The average molecular weight is 157 g/mol. The Hall–Kier alpha value is -1.22. The van der Waals surface area contributed by atoms with Gasteiger partial charge in [0, 0.05) is 11.0 Å². The summed E-state index contributed by atoms with van der Waals surface area (Å²) in [5.74, 6) is -0.326. The van der Waals surface area contributed by atoms with Gasteiger partial charge in [-0.25, -0.2) is 0 Å². The number of nitrogens with zero attached hydrogens (tertiary/aromatic N) is 3. The highest BCUT2D eigenvalue weighted by molar-refractivity contribution is 5.70. The van der Waals surface area contributed by atoms with Gasteiger partial charge in [0.15, 0.2) is 0 Å². The Bertz CT molecular complexity index is 175. The highest BCUT2D eigenvalue weighted by atomic mass is 16.5. The average Bonchev–Trinajstić information content (AvgIpc) is 1.87.